The average Bonchev–Trinajstić information content (AvgIpc) is 4.05. The van der Waals surface area contributed by atoms with Crippen LogP contribution in [0.15, 0.2) is 0 Å². The number of rotatable bonds is 12. The molecule has 2 heterocycles. The molecule has 0 saturated carbocycles. The van der Waals surface area contributed by atoms with Gasteiger partial charge in [-0.3, -0.25) is 52.7 Å². The summed E-state index contributed by atoms with van der Waals surface area (Å²) >= 11 is 0. The Balaban J connectivity index is 2.97. The summed E-state index contributed by atoms with van der Waals surface area (Å²) in [5.74, 6) is -8.68. The van der Waals surface area contributed by atoms with E-state index in [0.717, 1.165) is 0 Å². The molecule has 0 radical (unpaired) electrons. The van der Waals surface area contributed by atoms with Crippen molar-refractivity contribution in [3.05, 3.63) is 0 Å². The molecule has 0 bridgehead atoms. The Morgan fingerprint density at radius 2 is 0.824 bits per heavy atom. The Hall–Kier alpha value is -5.87. The maximum Gasteiger partial charge on any atom is 0.246 e. The van der Waals surface area contributed by atoms with E-state index in [1.807, 2.05) is 69.2 Å². The molecule has 23 heteroatoms. The molecule has 85 heavy (non-hydrogen) atoms. The van der Waals surface area contributed by atoms with Gasteiger partial charge in [0, 0.05) is 49.3 Å². The summed E-state index contributed by atoms with van der Waals surface area (Å²) in [7, 11) is 10.2. The van der Waals surface area contributed by atoms with E-state index in [1.165, 1.54) is 104 Å². The van der Waals surface area contributed by atoms with Gasteiger partial charge in [-0.15, -0.1) is 0 Å². The van der Waals surface area contributed by atoms with Crippen molar-refractivity contribution in [2.75, 3.05) is 49.3 Å². The first kappa shape index (κ1) is 75.2. The average molecular weight is 1200 g/mol. The third-order valence-electron chi connectivity index (χ3n) is 16.9. The normalized spacial score (nSPS) is 30.5. The molecular weight excluding hydrogens is 1090 g/mol. The van der Waals surface area contributed by atoms with Crippen molar-refractivity contribution in [3.8, 4) is 0 Å². The molecule has 0 aromatic heterocycles. The standard InChI is InChI=1S/C62H111N11O12/c1-26-43-58(80)67(19)42(18)57(79)68(20)45(28-33(4)5)54(76)66-48(36(10)11)61(83)69(21)44(27-32(2)3)53(75)63-40(16)52(74)64-41(17)56(78)70(22)46(29-34(6)7)59(81)71(23)47(30-35(8)9)60(82)72(24)49(37(12)13)62(84)73(25)50(55(77)65-43)51-38(14)31-39(15)85-51/h32-51H,26-31H2,1-25H3,(H,63,75)(H,64,74)(H,65,77)(H,66,76)/t38-,39?,40+,41-,42-,43+,44+,45+,46+,47+,48+,49+,50+,51?/m1/s1. The quantitative estimate of drug-likeness (QED) is 0.219. The third-order valence-corrected chi connectivity index (χ3v) is 16.9. The van der Waals surface area contributed by atoms with E-state index in [2.05, 4.69) is 21.3 Å². The van der Waals surface area contributed by atoms with Crippen LogP contribution >= 0.6 is 0 Å². The van der Waals surface area contributed by atoms with Crippen LogP contribution in [-0.2, 0) is 57.5 Å². The smallest absolute Gasteiger partial charge is 0.246 e. The molecule has 2 fully saturated rings. The zero-order chi connectivity index (χ0) is 65.7. The molecule has 0 aliphatic carbocycles. The lowest BCUT2D eigenvalue weighted by molar-refractivity contribution is -0.158. The van der Waals surface area contributed by atoms with Crippen molar-refractivity contribution in [2.45, 2.75) is 242 Å². The number of ether oxygens (including phenoxy) is 1. The van der Waals surface area contributed by atoms with Crippen LogP contribution in [-0.4, -0.2) is 227 Å². The van der Waals surface area contributed by atoms with Gasteiger partial charge >= 0.3 is 0 Å². The van der Waals surface area contributed by atoms with Crippen LogP contribution in [0.25, 0.3) is 0 Å². The number of carbonyl (C=O) groups is 11. The van der Waals surface area contributed by atoms with E-state index < -0.39 is 149 Å². The van der Waals surface area contributed by atoms with Gasteiger partial charge in [0.05, 0.1) is 12.2 Å². The lowest BCUT2D eigenvalue weighted by Gasteiger charge is -2.41. The highest BCUT2D eigenvalue weighted by molar-refractivity contribution is 6.00. The van der Waals surface area contributed by atoms with E-state index in [0.29, 0.717) is 6.42 Å². The number of hydrogen-bond donors (Lipinski definition) is 4. The largest absolute Gasteiger partial charge is 0.372 e. The Bertz CT molecular complexity index is 2350. The van der Waals surface area contributed by atoms with E-state index in [4.69, 9.17) is 4.74 Å². The Morgan fingerprint density at radius 1 is 0.412 bits per heavy atom. The topological polar surface area (TPSA) is 268 Å². The molecule has 23 nitrogen and oxygen atoms in total. The lowest BCUT2D eigenvalue weighted by atomic mass is 9.92. The summed E-state index contributed by atoms with van der Waals surface area (Å²) in [6.45, 7) is 32.0. The second-order valence-corrected chi connectivity index (χ2v) is 26.8. The second kappa shape index (κ2) is 32.8. The van der Waals surface area contributed by atoms with Crippen molar-refractivity contribution >= 4 is 65.0 Å². The summed E-state index contributed by atoms with van der Waals surface area (Å²) in [6, 6.07) is -12.9. The van der Waals surface area contributed by atoms with Crippen LogP contribution in [0.1, 0.15) is 163 Å². The summed E-state index contributed by atoms with van der Waals surface area (Å²) in [4.78, 5) is 170. The molecular formula is C62H111N11O12. The summed E-state index contributed by atoms with van der Waals surface area (Å²) in [5.41, 5.74) is 0. The number of nitrogens with zero attached hydrogens (tertiary/aromatic N) is 7. The zero-order valence-corrected chi connectivity index (χ0v) is 56.3. The number of likely N-dealkylation sites (N-methyl/N-ethyl adjacent to an activating group) is 7. The first-order valence-corrected chi connectivity index (χ1v) is 30.9. The van der Waals surface area contributed by atoms with Gasteiger partial charge in [0.25, 0.3) is 0 Å². The fourth-order valence-electron chi connectivity index (χ4n) is 11.6. The van der Waals surface area contributed by atoms with Crippen molar-refractivity contribution in [1.29, 1.82) is 0 Å². The van der Waals surface area contributed by atoms with Gasteiger partial charge in [-0.25, -0.2) is 0 Å². The number of amides is 11. The molecule has 2 aliphatic heterocycles. The minimum atomic E-state index is -1.31. The van der Waals surface area contributed by atoms with Crippen molar-refractivity contribution in [1.82, 2.24) is 55.6 Å². The minimum absolute atomic E-state index is 0.0784. The first-order chi connectivity index (χ1) is 39.2. The van der Waals surface area contributed by atoms with E-state index >= 15 is 9.59 Å². The van der Waals surface area contributed by atoms with Crippen LogP contribution in [0.2, 0.25) is 0 Å². The van der Waals surface area contributed by atoms with Crippen LogP contribution < -0.4 is 21.3 Å². The molecule has 11 amide bonds. The molecule has 486 valence electrons. The Labute approximate surface area is 508 Å². The number of carbonyl (C=O) groups excluding carboxylic acids is 11. The molecule has 0 aromatic rings. The van der Waals surface area contributed by atoms with Crippen molar-refractivity contribution in [3.63, 3.8) is 0 Å². The Kier molecular flexibility index (Phi) is 29.0. The van der Waals surface area contributed by atoms with Gasteiger partial charge in [0.1, 0.15) is 66.5 Å². The van der Waals surface area contributed by atoms with E-state index in [1.54, 1.807) is 34.6 Å². The van der Waals surface area contributed by atoms with Crippen molar-refractivity contribution in [2.24, 2.45) is 41.4 Å². The second-order valence-electron chi connectivity index (χ2n) is 26.8. The molecule has 2 rings (SSSR count). The fraction of sp³-hybridized carbons (Fsp3) is 0.823. The number of nitrogens with one attached hydrogen (secondary N) is 4. The first-order valence-electron chi connectivity index (χ1n) is 30.9. The van der Waals surface area contributed by atoms with Gasteiger partial charge in [0.15, 0.2) is 0 Å². The van der Waals surface area contributed by atoms with Gasteiger partial charge in [-0.1, -0.05) is 96.9 Å². The van der Waals surface area contributed by atoms with Crippen molar-refractivity contribution < 1.29 is 57.5 Å². The van der Waals surface area contributed by atoms with Crippen LogP contribution in [0, 0.1) is 41.4 Å². The molecule has 0 aromatic carbocycles. The van der Waals surface area contributed by atoms with Gasteiger partial charge < -0.3 is 60.3 Å². The lowest BCUT2D eigenvalue weighted by Crippen LogP contribution is -2.63. The van der Waals surface area contributed by atoms with Gasteiger partial charge in [-0.05, 0) is 108 Å². The third kappa shape index (κ3) is 19.6. The maximum absolute atomic E-state index is 15.2. The van der Waals surface area contributed by atoms with E-state index in [9.17, 15) is 43.2 Å². The summed E-state index contributed by atoms with van der Waals surface area (Å²) < 4.78 is 6.38. The number of hydrogen-bond acceptors (Lipinski definition) is 12. The summed E-state index contributed by atoms with van der Waals surface area (Å²) in [5, 5.41) is 11.2. The maximum atomic E-state index is 15.2. The van der Waals surface area contributed by atoms with Crippen LogP contribution in [0.3, 0.4) is 0 Å². The predicted octanol–water partition coefficient (Wildman–Crippen LogP) is 3.51. The highest BCUT2D eigenvalue weighted by atomic mass is 16.5. The Morgan fingerprint density at radius 3 is 1.25 bits per heavy atom. The van der Waals surface area contributed by atoms with Gasteiger partial charge in [-0.2, -0.15) is 0 Å². The minimum Gasteiger partial charge on any atom is -0.372 e. The molecule has 2 aliphatic rings. The summed E-state index contributed by atoms with van der Waals surface area (Å²) in [6.07, 6.45) is 0.209. The predicted molar refractivity (Wildman–Crippen MR) is 327 cm³/mol. The molecule has 2 unspecified atom stereocenters. The molecule has 0 spiro atoms. The van der Waals surface area contributed by atoms with Crippen LogP contribution in [0.5, 0.6) is 0 Å². The zero-order valence-electron chi connectivity index (χ0n) is 56.3. The molecule has 14 atom stereocenters. The fourth-order valence-corrected chi connectivity index (χ4v) is 11.6. The highest BCUT2D eigenvalue weighted by Gasteiger charge is 2.48. The SMILES string of the molecule is CC[C@@H]1NC(=O)[C@H](C2OC(C)C[C@H]2C)N(C)C(=O)[C@H](C(C)C)N(C)C(=O)[C@H](CC(C)C)N(C)C(=O)[C@H](CC(C)C)N(C)C(=O)[C@@H](C)NC(=O)[C@H](C)NC(=O)[C@H](CC(C)C)N(C)C(=O)[C@H](C(C)C)NC(=O)[C@H](CC(C)C)N(C)C(=O)[C@@H](C)N(C)C1=O. The van der Waals surface area contributed by atoms with Gasteiger partial charge in [0.2, 0.25) is 65.0 Å². The molecule has 2 saturated heterocycles. The van der Waals surface area contributed by atoms with Crippen LogP contribution in [0.4, 0.5) is 0 Å². The van der Waals surface area contributed by atoms with E-state index in [-0.39, 0.29) is 67.8 Å². The monoisotopic (exact) mass is 1200 g/mol. The highest BCUT2D eigenvalue weighted by Crippen LogP contribution is 2.32. The molecule has 4 N–H and O–H groups in total.